The number of aryl methyl sites for hydroxylation is 1. The summed E-state index contributed by atoms with van der Waals surface area (Å²) in [6.45, 7) is 5.71. The number of amides is 1. The van der Waals surface area contributed by atoms with Crippen LogP contribution in [0.5, 0.6) is 0 Å². The zero-order valence-electron chi connectivity index (χ0n) is 19.7. The van der Waals surface area contributed by atoms with Gasteiger partial charge in [-0.3, -0.25) is 19.4 Å². The van der Waals surface area contributed by atoms with Crippen molar-refractivity contribution in [1.82, 2.24) is 14.9 Å². The van der Waals surface area contributed by atoms with E-state index in [1.807, 2.05) is 13.8 Å². The molecule has 1 amide bonds. The normalized spacial score (nSPS) is 12.9. The molecule has 1 unspecified atom stereocenters. The number of aromatic nitrogens is 2. The Morgan fingerprint density at radius 2 is 1.80 bits per heavy atom. The molecule has 2 aromatic heterocycles. The monoisotopic (exact) mass is 515 g/mol. The molecule has 0 saturated heterocycles. The molecular formula is C26H27Cl2N3O4. The van der Waals surface area contributed by atoms with Crippen LogP contribution in [-0.4, -0.2) is 26.5 Å². The highest BCUT2D eigenvalue weighted by molar-refractivity contribution is 6.39. The van der Waals surface area contributed by atoms with Crippen LogP contribution >= 0.6 is 23.2 Å². The Labute approximate surface area is 213 Å². The van der Waals surface area contributed by atoms with Crippen LogP contribution in [0.25, 0.3) is 11.1 Å². The summed E-state index contributed by atoms with van der Waals surface area (Å²) in [6, 6.07) is 8.37. The van der Waals surface area contributed by atoms with E-state index in [2.05, 4.69) is 10.3 Å². The van der Waals surface area contributed by atoms with Crippen LogP contribution in [0.4, 0.5) is 0 Å². The van der Waals surface area contributed by atoms with Crippen LogP contribution in [0, 0.1) is 12.8 Å². The van der Waals surface area contributed by atoms with Gasteiger partial charge in [0.25, 0.3) is 5.56 Å². The fourth-order valence-electron chi connectivity index (χ4n) is 3.89. The number of hydrogen-bond donors (Lipinski definition) is 2. The molecule has 0 aliphatic rings. The molecule has 7 nitrogen and oxygen atoms in total. The predicted molar refractivity (Wildman–Crippen MR) is 137 cm³/mol. The summed E-state index contributed by atoms with van der Waals surface area (Å²) in [5.74, 6) is -1.43. The SMILES string of the molecule is Cc1ccn(C(CC(C)C)C(=O)N[C@@H](CC(=O)O)c2cncc(-c3c(Cl)cccc3Cl)c2)c(=O)c1. The number of pyridine rings is 2. The molecule has 3 aromatic rings. The molecular weight excluding hydrogens is 489 g/mol. The quantitative estimate of drug-likeness (QED) is 0.394. The molecule has 35 heavy (non-hydrogen) atoms. The van der Waals surface area contributed by atoms with E-state index in [9.17, 15) is 19.5 Å². The number of hydrogen-bond acceptors (Lipinski definition) is 4. The number of nitrogens with zero attached hydrogens (tertiary/aromatic N) is 2. The topological polar surface area (TPSA) is 101 Å². The van der Waals surface area contributed by atoms with Gasteiger partial charge in [0.15, 0.2) is 0 Å². The lowest BCUT2D eigenvalue weighted by atomic mass is 9.98. The van der Waals surface area contributed by atoms with Crippen molar-refractivity contribution in [3.63, 3.8) is 0 Å². The van der Waals surface area contributed by atoms with E-state index in [0.29, 0.717) is 33.2 Å². The first-order chi connectivity index (χ1) is 16.6. The van der Waals surface area contributed by atoms with Crippen LogP contribution in [-0.2, 0) is 9.59 Å². The average Bonchev–Trinajstić information content (AvgIpc) is 2.77. The Morgan fingerprint density at radius 3 is 2.40 bits per heavy atom. The Bertz CT molecular complexity index is 1270. The number of aliphatic carboxylic acids is 1. The van der Waals surface area contributed by atoms with Crippen molar-refractivity contribution in [1.29, 1.82) is 0 Å². The average molecular weight is 516 g/mol. The first kappa shape index (κ1) is 26.4. The zero-order valence-corrected chi connectivity index (χ0v) is 21.2. The Morgan fingerprint density at radius 1 is 1.11 bits per heavy atom. The van der Waals surface area contributed by atoms with E-state index in [4.69, 9.17) is 23.2 Å². The van der Waals surface area contributed by atoms with Crippen molar-refractivity contribution < 1.29 is 14.7 Å². The molecule has 2 N–H and O–H groups in total. The van der Waals surface area contributed by atoms with Gasteiger partial charge in [0, 0.05) is 45.8 Å². The van der Waals surface area contributed by atoms with Gasteiger partial charge in [0.2, 0.25) is 5.91 Å². The van der Waals surface area contributed by atoms with Crippen molar-refractivity contribution in [2.75, 3.05) is 0 Å². The molecule has 9 heteroatoms. The third-order valence-electron chi connectivity index (χ3n) is 5.55. The first-order valence-electron chi connectivity index (χ1n) is 11.2. The highest BCUT2D eigenvalue weighted by atomic mass is 35.5. The Kier molecular flexibility index (Phi) is 8.70. The maximum Gasteiger partial charge on any atom is 0.305 e. The molecule has 0 aliphatic heterocycles. The molecule has 2 heterocycles. The second-order valence-electron chi connectivity index (χ2n) is 8.86. The number of rotatable bonds is 9. The van der Waals surface area contributed by atoms with Gasteiger partial charge in [-0.05, 0) is 54.7 Å². The van der Waals surface area contributed by atoms with Gasteiger partial charge in [0.1, 0.15) is 6.04 Å². The van der Waals surface area contributed by atoms with Gasteiger partial charge in [-0.15, -0.1) is 0 Å². The molecule has 0 bridgehead atoms. The Balaban J connectivity index is 1.98. The molecule has 184 valence electrons. The van der Waals surface area contributed by atoms with Crippen LogP contribution in [0.2, 0.25) is 10.0 Å². The van der Waals surface area contributed by atoms with E-state index >= 15 is 0 Å². The minimum absolute atomic E-state index is 0.115. The molecule has 0 saturated carbocycles. The third-order valence-corrected chi connectivity index (χ3v) is 6.18. The van der Waals surface area contributed by atoms with Crippen molar-refractivity contribution >= 4 is 35.1 Å². The molecule has 0 radical (unpaired) electrons. The maximum absolute atomic E-state index is 13.4. The van der Waals surface area contributed by atoms with E-state index in [0.717, 1.165) is 5.56 Å². The lowest BCUT2D eigenvalue weighted by Gasteiger charge is -2.25. The molecule has 3 rings (SSSR count). The standard InChI is InChI=1S/C26H27Cl2N3O4/c1-15(2)9-22(31-8-7-16(3)10-23(31)32)26(35)30-21(12-24(33)34)17-11-18(14-29-13-17)25-19(27)5-4-6-20(25)28/h4-8,10-11,13-15,21-22H,9,12H2,1-3H3,(H,30,35)(H,33,34)/t21-,22?/m0/s1. The summed E-state index contributed by atoms with van der Waals surface area (Å²) in [5.41, 5.74) is 2.14. The Hall–Kier alpha value is -3.16. The number of nitrogens with one attached hydrogen (secondary N) is 1. The fourth-order valence-corrected chi connectivity index (χ4v) is 4.51. The minimum Gasteiger partial charge on any atom is -0.481 e. The van der Waals surface area contributed by atoms with E-state index < -0.39 is 24.0 Å². The van der Waals surface area contributed by atoms with Crippen LogP contribution in [0.3, 0.4) is 0 Å². The van der Waals surface area contributed by atoms with Gasteiger partial charge in [-0.25, -0.2) is 0 Å². The number of carboxylic acids is 1. The summed E-state index contributed by atoms with van der Waals surface area (Å²) in [5, 5.41) is 13.2. The fraction of sp³-hybridized carbons (Fsp3) is 0.308. The summed E-state index contributed by atoms with van der Waals surface area (Å²) in [7, 11) is 0. The number of halogens is 2. The molecule has 1 aromatic carbocycles. The molecule has 0 fully saturated rings. The minimum atomic E-state index is -1.09. The summed E-state index contributed by atoms with van der Waals surface area (Å²) >= 11 is 12.7. The van der Waals surface area contributed by atoms with Crippen molar-refractivity contribution in [2.24, 2.45) is 5.92 Å². The van der Waals surface area contributed by atoms with Crippen molar-refractivity contribution in [2.45, 2.75) is 45.7 Å². The van der Waals surface area contributed by atoms with E-state index in [1.54, 1.807) is 49.6 Å². The van der Waals surface area contributed by atoms with Crippen LogP contribution in [0.15, 0.2) is 59.8 Å². The van der Waals surface area contributed by atoms with Gasteiger partial charge in [-0.2, -0.15) is 0 Å². The lowest BCUT2D eigenvalue weighted by molar-refractivity contribution is -0.138. The highest BCUT2D eigenvalue weighted by Crippen LogP contribution is 2.35. The van der Waals surface area contributed by atoms with Gasteiger partial charge in [0.05, 0.1) is 12.5 Å². The van der Waals surface area contributed by atoms with Crippen LogP contribution < -0.4 is 10.9 Å². The third kappa shape index (κ3) is 6.71. The second-order valence-corrected chi connectivity index (χ2v) is 9.67. The van der Waals surface area contributed by atoms with Gasteiger partial charge < -0.3 is 15.0 Å². The van der Waals surface area contributed by atoms with E-state index in [1.165, 1.54) is 16.8 Å². The number of carboxylic acid groups (broad SMARTS) is 1. The number of carbonyl (C=O) groups excluding carboxylic acids is 1. The second kappa shape index (κ2) is 11.5. The molecule has 0 spiro atoms. The van der Waals surface area contributed by atoms with Gasteiger partial charge >= 0.3 is 5.97 Å². The maximum atomic E-state index is 13.4. The number of carbonyl (C=O) groups is 2. The zero-order chi connectivity index (χ0) is 25.7. The summed E-state index contributed by atoms with van der Waals surface area (Å²) in [4.78, 5) is 41.9. The van der Waals surface area contributed by atoms with E-state index in [-0.39, 0.29) is 17.9 Å². The molecule has 2 atom stereocenters. The summed E-state index contributed by atoms with van der Waals surface area (Å²) < 4.78 is 1.39. The largest absolute Gasteiger partial charge is 0.481 e. The number of benzene rings is 1. The van der Waals surface area contributed by atoms with Crippen LogP contribution in [0.1, 0.15) is 49.9 Å². The first-order valence-corrected chi connectivity index (χ1v) is 11.9. The predicted octanol–water partition coefficient (Wildman–Crippen LogP) is 5.44. The lowest BCUT2D eigenvalue weighted by Crippen LogP contribution is -2.40. The highest BCUT2D eigenvalue weighted by Gasteiger charge is 2.27. The molecule has 0 aliphatic carbocycles. The summed E-state index contributed by atoms with van der Waals surface area (Å²) in [6.07, 6.45) is 4.70. The smallest absolute Gasteiger partial charge is 0.305 e. The van der Waals surface area contributed by atoms with Gasteiger partial charge in [-0.1, -0.05) is 43.1 Å². The van der Waals surface area contributed by atoms with Crippen molar-refractivity contribution in [3.8, 4) is 11.1 Å². The van der Waals surface area contributed by atoms with Crippen molar-refractivity contribution in [3.05, 3.63) is 86.5 Å².